The van der Waals surface area contributed by atoms with Crippen molar-refractivity contribution in [2.24, 2.45) is 11.7 Å². The first-order valence-corrected chi connectivity index (χ1v) is 4.59. The number of nitrogens with two attached hydrogens (primary N) is 1. The summed E-state index contributed by atoms with van der Waals surface area (Å²) in [5.74, 6) is 0.767. The highest BCUT2D eigenvalue weighted by Crippen LogP contribution is 2.45. The van der Waals surface area contributed by atoms with Gasteiger partial charge in [0.15, 0.2) is 0 Å². The van der Waals surface area contributed by atoms with E-state index in [0.717, 1.165) is 25.6 Å². The van der Waals surface area contributed by atoms with Gasteiger partial charge >= 0.3 is 0 Å². The largest absolute Gasteiger partial charge is 0.382 e. The number of hydrogen-bond acceptors (Lipinski definition) is 2. The number of ether oxygens (including phenoxy) is 1. The van der Waals surface area contributed by atoms with Crippen molar-refractivity contribution in [1.82, 2.24) is 0 Å². The molecule has 0 saturated heterocycles. The molecule has 0 heterocycles. The van der Waals surface area contributed by atoms with Crippen LogP contribution in [0, 0.1) is 5.92 Å². The second-order valence-corrected chi connectivity index (χ2v) is 3.49. The summed E-state index contributed by atoms with van der Waals surface area (Å²) in [6, 6.07) is 0. The van der Waals surface area contributed by atoms with E-state index in [4.69, 9.17) is 10.5 Å². The molecule has 66 valence electrons. The van der Waals surface area contributed by atoms with Gasteiger partial charge in [-0.25, -0.2) is 0 Å². The van der Waals surface area contributed by atoms with Gasteiger partial charge in [0.2, 0.25) is 0 Å². The van der Waals surface area contributed by atoms with E-state index in [1.165, 1.54) is 12.8 Å². The molecule has 0 aromatic rings. The van der Waals surface area contributed by atoms with E-state index >= 15 is 0 Å². The second-order valence-electron chi connectivity index (χ2n) is 3.49. The highest BCUT2D eigenvalue weighted by Gasteiger charge is 2.48. The molecule has 1 rings (SSSR count). The maximum Gasteiger partial charge on any atom is 0.0483 e. The van der Waals surface area contributed by atoms with Crippen molar-refractivity contribution in [3.05, 3.63) is 0 Å². The van der Waals surface area contributed by atoms with Crippen molar-refractivity contribution in [3.63, 3.8) is 0 Å². The predicted octanol–water partition coefficient (Wildman–Crippen LogP) is 1.54. The Balaban J connectivity index is 2.08. The quantitative estimate of drug-likeness (QED) is 0.614. The van der Waals surface area contributed by atoms with E-state index in [-0.39, 0.29) is 5.54 Å². The fourth-order valence-electron chi connectivity index (χ4n) is 1.66. The Labute approximate surface area is 69.1 Å². The normalized spacial score (nSPS) is 35.7. The lowest BCUT2D eigenvalue weighted by Crippen LogP contribution is -2.26. The minimum atomic E-state index is 0.143. The van der Waals surface area contributed by atoms with Gasteiger partial charge in [-0.2, -0.15) is 0 Å². The molecule has 2 heteroatoms. The topological polar surface area (TPSA) is 35.2 Å². The van der Waals surface area contributed by atoms with Crippen LogP contribution in [0.25, 0.3) is 0 Å². The summed E-state index contributed by atoms with van der Waals surface area (Å²) in [4.78, 5) is 0. The Morgan fingerprint density at radius 3 is 2.73 bits per heavy atom. The zero-order valence-corrected chi connectivity index (χ0v) is 7.60. The molecule has 0 radical (unpaired) electrons. The summed E-state index contributed by atoms with van der Waals surface area (Å²) in [6.45, 7) is 5.88. The van der Waals surface area contributed by atoms with Crippen LogP contribution in [0.4, 0.5) is 0 Å². The zero-order chi connectivity index (χ0) is 8.32. The molecule has 0 aromatic carbocycles. The van der Waals surface area contributed by atoms with Crippen molar-refractivity contribution in [1.29, 1.82) is 0 Å². The molecule has 0 bridgehead atoms. The molecule has 1 fully saturated rings. The summed E-state index contributed by atoms with van der Waals surface area (Å²) < 4.78 is 5.26. The molecule has 2 unspecified atom stereocenters. The highest BCUT2D eigenvalue weighted by molar-refractivity contribution is 5.06. The molecule has 1 saturated carbocycles. The van der Waals surface area contributed by atoms with Crippen LogP contribution in [0.5, 0.6) is 0 Å². The molecule has 0 amide bonds. The van der Waals surface area contributed by atoms with Crippen LogP contribution in [0.2, 0.25) is 0 Å². The Morgan fingerprint density at radius 2 is 2.27 bits per heavy atom. The van der Waals surface area contributed by atoms with Crippen molar-refractivity contribution in [3.8, 4) is 0 Å². The Hall–Kier alpha value is -0.0800. The molecule has 11 heavy (non-hydrogen) atoms. The maximum atomic E-state index is 6.06. The molecule has 0 aromatic heterocycles. The summed E-state index contributed by atoms with van der Waals surface area (Å²) >= 11 is 0. The second kappa shape index (κ2) is 3.55. The molecule has 2 N–H and O–H groups in total. The van der Waals surface area contributed by atoms with Crippen LogP contribution in [0.15, 0.2) is 0 Å². The van der Waals surface area contributed by atoms with Crippen molar-refractivity contribution < 1.29 is 4.74 Å². The Bertz CT molecular complexity index is 127. The van der Waals surface area contributed by atoms with Gasteiger partial charge in [-0.1, -0.05) is 13.3 Å². The van der Waals surface area contributed by atoms with Crippen LogP contribution in [0.3, 0.4) is 0 Å². The van der Waals surface area contributed by atoms with E-state index in [9.17, 15) is 0 Å². The minimum Gasteiger partial charge on any atom is -0.382 e. The van der Waals surface area contributed by atoms with Gasteiger partial charge in [-0.05, 0) is 25.7 Å². The molecule has 2 atom stereocenters. The first-order chi connectivity index (χ1) is 5.23. The smallest absolute Gasteiger partial charge is 0.0483 e. The van der Waals surface area contributed by atoms with Gasteiger partial charge in [0.25, 0.3) is 0 Å². The van der Waals surface area contributed by atoms with Gasteiger partial charge in [0.05, 0.1) is 0 Å². The summed E-state index contributed by atoms with van der Waals surface area (Å²) in [5, 5.41) is 0. The average Bonchev–Trinajstić information content (AvgIpc) is 2.63. The van der Waals surface area contributed by atoms with Crippen molar-refractivity contribution in [2.75, 3.05) is 13.2 Å². The van der Waals surface area contributed by atoms with E-state index < -0.39 is 0 Å². The van der Waals surface area contributed by atoms with Gasteiger partial charge in [0.1, 0.15) is 0 Å². The zero-order valence-electron chi connectivity index (χ0n) is 7.60. The van der Waals surface area contributed by atoms with E-state index in [2.05, 4.69) is 6.92 Å². The van der Waals surface area contributed by atoms with E-state index in [0.29, 0.717) is 0 Å². The third-order valence-electron chi connectivity index (χ3n) is 2.69. The SMILES string of the molecule is CCOCCC1(N)CC1CC. The average molecular weight is 157 g/mol. The fraction of sp³-hybridized carbons (Fsp3) is 1.00. The fourth-order valence-corrected chi connectivity index (χ4v) is 1.66. The lowest BCUT2D eigenvalue weighted by atomic mass is 10.1. The lowest BCUT2D eigenvalue weighted by molar-refractivity contribution is 0.136. The van der Waals surface area contributed by atoms with Crippen molar-refractivity contribution >= 4 is 0 Å². The third-order valence-corrected chi connectivity index (χ3v) is 2.69. The summed E-state index contributed by atoms with van der Waals surface area (Å²) in [7, 11) is 0. The first-order valence-electron chi connectivity index (χ1n) is 4.59. The molecular formula is C9H19NO. The van der Waals surface area contributed by atoms with Crippen LogP contribution >= 0.6 is 0 Å². The maximum absolute atomic E-state index is 6.06. The highest BCUT2D eigenvalue weighted by atomic mass is 16.5. The number of rotatable bonds is 5. The lowest BCUT2D eigenvalue weighted by Gasteiger charge is -2.09. The van der Waals surface area contributed by atoms with E-state index in [1.807, 2.05) is 6.92 Å². The Kier molecular flexibility index (Phi) is 2.90. The first kappa shape index (κ1) is 9.01. The van der Waals surface area contributed by atoms with Crippen LogP contribution in [-0.2, 0) is 4.74 Å². The minimum absolute atomic E-state index is 0.143. The molecule has 2 nitrogen and oxygen atoms in total. The standard InChI is InChI=1S/C9H19NO/c1-3-8-7-9(8,10)5-6-11-4-2/h8H,3-7,10H2,1-2H3. The molecular weight excluding hydrogens is 138 g/mol. The number of hydrogen-bond donors (Lipinski definition) is 1. The van der Waals surface area contributed by atoms with Gasteiger partial charge in [-0.15, -0.1) is 0 Å². The summed E-state index contributed by atoms with van der Waals surface area (Å²) in [6.07, 6.45) is 3.47. The molecule has 0 spiro atoms. The van der Waals surface area contributed by atoms with Gasteiger partial charge in [-0.3, -0.25) is 0 Å². The monoisotopic (exact) mass is 157 g/mol. The van der Waals surface area contributed by atoms with Crippen LogP contribution in [-0.4, -0.2) is 18.8 Å². The third kappa shape index (κ3) is 2.17. The molecule has 1 aliphatic carbocycles. The van der Waals surface area contributed by atoms with Gasteiger partial charge in [0, 0.05) is 18.8 Å². The van der Waals surface area contributed by atoms with Crippen LogP contribution in [0.1, 0.15) is 33.1 Å². The predicted molar refractivity (Wildman–Crippen MR) is 46.4 cm³/mol. The van der Waals surface area contributed by atoms with Crippen molar-refractivity contribution in [2.45, 2.75) is 38.6 Å². The van der Waals surface area contributed by atoms with Gasteiger partial charge < -0.3 is 10.5 Å². The molecule has 0 aliphatic heterocycles. The summed E-state index contributed by atoms with van der Waals surface area (Å²) in [5.41, 5.74) is 6.20. The van der Waals surface area contributed by atoms with Crippen LogP contribution < -0.4 is 5.73 Å². The Morgan fingerprint density at radius 1 is 1.55 bits per heavy atom. The van der Waals surface area contributed by atoms with E-state index in [1.54, 1.807) is 0 Å². The molecule has 1 aliphatic rings.